The second kappa shape index (κ2) is 12.9. The lowest BCUT2D eigenvalue weighted by atomic mass is 9.95. The molecule has 0 aliphatic carbocycles. The van der Waals surface area contributed by atoms with Crippen molar-refractivity contribution < 1.29 is 18.7 Å². The molecule has 1 N–H and O–H groups in total. The molecule has 4 aromatic carbocycles. The maximum Gasteiger partial charge on any atom is 0.271 e. The summed E-state index contributed by atoms with van der Waals surface area (Å²) in [6.45, 7) is 1.75. The first-order valence-corrected chi connectivity index (χ1v) is 15.2. The molecule has 10 heteroatoms. The van der Waals surface area contributed by atoms with Gasteiger partial charge in [0.1, 0.15) is 23.9 Å². The molecule has 0 bridgehead atoms. The second-order valence-corrected chi connectivity index (χ2v) is 11.7. The fourth-order valence-corrected chi connectivity index (χ4v) is 6.35. The van der Waals surface area contributed by atoms with Crippen LogP contribution in [0.3, 0.4) is 0 Å². The molecule has 0 radical (unpaired) electrons. The number of benzene rings is 4. The van der Waals surface area contributed by atoms with Crippen LogP contribution < -0.4 is 29.7 Å². The minimum absolute atomic E-state index is 0.00861. The van der Waals surface area contributed by atoms with Crippen molar-refractivity contribution in [2.24, 2.45) is 4.99 Å². The van der Waals surface area contributed by atoms with Gasteiger partial charge in [0.25, 0.3) is 11.5 Å². The Labute approximate surface area is 267 Å². The molecule has 6 rings (SSSR count). The Kier molecular flexibility index (Phi) is 8.64. The van der Waals surface area contributed by atoms with E-state index < -0.39 is 6.04 Å². The molecular formula is C35H27ClFN3O4S. The standard InChI is InChI=1S/C35H27ClFN3O4S/c1-21-31(33(41)39-26-11-4-3-5-12-26)32(22-10-8-13-27(18-22)43-2)40-34(42)30(45-35(40)38-21)19-24-17-25(36)15-16-29(24)44-20-23-9-6-7-14-28(23)37/h3-19,32H,20H2,1-2H3,(H,39,41)/b30-19-/t32-/m0/s1. The van der Waals surface area contributed by atoms with E-state index in [1.807, 2.05) is 36.4 Å². The summed E-state index contributed by atoms with van der Waals surface area (Å²) < 4.78 is 27.6. The number of hydrogen-bond acceptors (Lipinski definition) is 6. The minimum atomic E-state index is -0.779. The van der Waals surface area contributed by atoms with Gasteiger partial charge in [-0.3, -0.25) is 14.2 Å². The lowest BCUT2D eigenvalue weighted by molar-refractivity contribution is -0.113. The Balaban J connectivity index is 1.46. The highest BCUT2D eigenvalue weighted by atomic mass is 35.5. The third-order valence-corrected chi connectivity index (χ3v) is 8.52. The maximum absolute atomic E-state index is 14.3. The first kappa shape index (κ1) is 30.1. The number of nitrogens with one attached hydrogen (secondary N) is 1. The van der Waals surface area contributed by atoms with Gasteiger partial charge in [-0.2, -0.15) is 0 Å². The van der Waals surface area contributed by atoms with E-state index in [0.717, 1.165) is 0 Å². The highest BCUT2D eigenvalue weighted by Gasteiger charge is 2.33. The molecule has 1 aliphatic rings. The molecule has 1 aliphatic heterocycles. The minimum Gasteiger partial charge on any atom is -0.497 e. The molecule has 1 atom stereocenters. The predicted octanol–water partition coefficient (Wildman–Crippen LogP) is 6.25. The van der Waals surface area contributed by atoms with Crippen molar-refractivity contribution in [1.82, 2.24) is 4.57 Å². The average molecular weight is 640 g/mol. The number of aromatic nitrogens is 1. The molecule has 0 saturated heterocycles. The van der Waals surface area contributed by atoms with Crippen LogP contribution in [0.25, 0.3) is 6.08 Å². The Morgan fingerprint density at radius 2 is 1.82 bits per heavy atom. The van der Waals surface area contributed by atoms with Gasteiger partial charge in [-0.25, -0.2) is 9.38 Å². The summed E-state index contributed by atoms with van der Waals surface area (Å²) in [6.07, 6.45) is 1.68. The first-order chi connectivity index (χ1) is 21.8. The van der Waals surface area contributed by atoms with Crippen LogP contribution in [0.1, 0.15) is 29.7 Å². The normalized spacial score (nSPS) is 14.5. The fourth-order valence-electron chi connectivity index (χ4n) is 5.13. The van der Waals surface area contributed by atoms with E-state index in [2.05, 4.69) is 5.32 Å². The van der Waals surface area contributed by atoms with Gasteiger partial charge in [-0.1, -0.05) is 71.5 Å². The van der Waals surface area contributed by atoms with Gasteiger partial charge in [0.2, 0.25) is 0 Å². The summed E-state index contributed by atoms with van der Waals surface area (Å²) in [5.41, 5.74) is 2.72. The Morgan fingerprint density at radius 1 is 1.04 bits per heavy atom. The van der Waals surface area contributed by atoms with Crippen molar-refractivity contribution in [3.63, 3.8) is 0 Å². The van der Waals surface area contributed by atoms with E-state index in [4.69, 9.17) is 26.1 Å². The third-order valence-electron chi connectivity index (χ3n) is 7.31. The van der Waals surface area contributed by atoms with Crippen molar-refractivity contribution in [3.05, 3.63) is 156 Å². The molecule has 7 nitrogen and oxygen atoms in total. The molecule has 0 spiro atoms. The number of carbonyl (C=O) groups is 1. The number of hydrogen-bond donors (Lipinski definition) is 1. The van der Waals surface area contributed by atoms with Crippen molar-refractivity contribution >= 4 is 40.6 Å². The number of anilines is 1. The summed E-state index contributed by atoms with van der Waals surface area (Å²) in [4.78, 5) is 33.1. The number of carbonyl (C=O) groups excluding carboxylic acids is 1. The van der Waals surface area contributed by atoms with Crippen LogP contribution in [0.5, 0.6) is 11.5 Å². The molecule has 1 aromatic heterocycles. The maximum atomic E-state index is 14.3. The van der Waals surface area contributed by atoms with Crippen molar-refractivity contribution in [3.8, 4) is 11.5 Å². The molecule has 45 heavy (non-hydrogen) atoms. The molecule has 0 saturated carbocycles. The summed E-state index contributed by atoms with van der Waals surface area (Å²) in [5, 5.41) is 3.39. The largest absolute Gasteiger partial charge is 0.497 e. The molecule has 0 fully saturated rings. The lowest BCUT2D eigenvalue weighted by Gasteiger charge is -2.25. The van der Waals surface area contributed by atoms with Crippen LogP contribution in [-0.4, -0.2) is 17.6 Å². The molecule has 2 heterocycles. The first-order valence-electron chi connectivity index (χ1n) is 14.0. The van der Waals surface area contributed by atoms with Gasteiger partial charge in [0.05, 0.1) is 29.0 Å². The number of rotatable bonds is 8. The lowest BCUT2D eigenvalue weighted by Crippen LogP contribution is -2.40. The van der Waals surface area contributed by atoms with E-state index in [-0.39, 0.29) is 23.9 Å². The number of fused-ring (bicyclic) bond motifs is 1. The smallest absolute Gasteiger partial charge is 0.271 e. The van der Waals surface area contributed by atoms with Crippen LogP contribution in [0, 0.1) is 5.82 Å². The van der Waals surface area contributed by atoms with E-state index in [1.165, 1.54) is 22.0 Å². The van der Waals surface area contributed by atoms with Gasteiger partial charge in [-0.15, -0.1) is 0 Å². The van der Waals surface area contributed by atoms with E-state index in [0.29, 0.717) is 59.5 Å². The summed E-state index contributed by atoms with van der Waals surface area (Å²) in [7, 11) is 1.56. The van der Waals surface area contributed by atoms with Gasteiger partial charge in [0, 0.05) is 21.8 Å². The topological polar surface area (TPSA) is 81.9 Å². The van der Waals surface area contributed by atoms with Crippen LogP contribution in [0.15, 0.2) is 118 Å². The quantitative estimate of drug-likeness (QED) is 0.218. The Morgan fingerprint density at radius 3 is 2.60 bits per heavy atom. The number of amides is 1. The van der Waals surface area contributed by atoms with Gasteiger partial charge in [0.15, 0.2) is 4.80 Å². The predicted molar refractivity (Wildman–Crippen MR) is 174 cm³/mol. The zero-order chi connectivity index (χ0) is 31.5. The summed E-state index contributed by atoms with van der Waals surface area (Å²) >= 11 is 7.53. The number of methoxy groups -OCH3 is 1. The number of para-hydroxylation sites is 1. The summed E-state index contributed by atoms with van der Waals surface area (Å²) in [6, 6.07) is 27.0. The molecular weight excluding hydrogens is 613 g/mol. The zero-order valence-electron chi connectivity index (χ0n) is 24.3. The number of ether oxygens (including phenoxy) is 2. The average Bonchev–Trinajstić information content (AvgIpc) is 3.34. The van der Waals surface area contributed by atoms with Gasteiger partial charge < -0.3 is 14.8 Å². The third kappa shape index (κ3) is 6.31. The number of thiazole rings is 1. The Bertz CT molecular complexity index is 2120. The summed E-state index contributed by atoms with van der Waals surface area (Å²) in [5.74, 6) is 0.268. The van der Waals surface area contributed by atoms with E-state index in [9.17, 15) is 14.0 Å². The van der Waals surface area contributed by atoms with Gasteiger partial charge in [-0.05, 0) is 67.1 Å². The van der Waals surface area contributed by atoms with E-state index >= 15 is 0 Å². The molecule has 226 valence electrons. The molecule has 1 amide bonds. The van der Waals surface area contributed by atoms with Crippen LogP contribution >= 0.6 is 22.9 Å². The monoisotopic (exact) mass is 639 g/mol. The van der Waals surface area contributed by atoms with Crippen molar-refractivity contribution in [1.29, 1.82) is 0 Å². The second-order valence-electron chi connectivity index (χ2n) is 10.2. The van der Waals surface area contributed by atoms with Crippen LogP contribution in [-0.2, 0) is 11.4 Å². The highest BCUT2D eigenvalue weighted by Crippen LogP contribution is 2.32. The van der Waals surface area contributed by atoms with E-state index in [1.54, 1.807) is 74.7 Å². The highest BCUT2D eigenvalue weighted by molar-refractivity contribution is 7.07. The number of halogens is 2. The van der Waals surface area contributed by atoms with Crippen molar-refractivity contribution in [2.75, 3.05) is 12.4 Å². The number of allylic oxidation sites excluding steroid dienone is 1. The van der Waals surface area contributed by atoms with Gasteiger partial charge >= 0.3 is 0 Å². The number of nitrogens with zero attached hydrogens (tertiary/aromatic N) is 2. The van der Waals surface area contributed by atoms with Crippen molar-refractivity contribution in [2.45, 2.75) is 19.6 Å². The van der Waals surface area contributed by atoms with Crippen LogP contribution in [0.4, 0.5) is 10.1 Å². The molecule has 0 unspecified atom stereocenters. The molecule has 5 aromatic rings. The Hall–Kier alpha value is -4.99. The fraction of sp³-hybridized carbons (Fsp3) is 0.114. The SMILES string of the molecule is COc1cccc([C@H]2C(C(=O)Nc3ccccc3)=C(C)N=c3s/c(=C\c4cc(Cl)ccc4OCc4ccccc4F)c(=O)n32)c1. The van der Waals surface area contributed by atoms with Crippen LogP contribution in [0.2, 0.25) is 5.02 Å². The zero-order valence-corrected chi connectivity index (χ0v) is 25.9.